The van der Waals surface area contributed by atoms with Gasteiger partial charge in [-0.05, 0) is 23.6 Å². The molecule has 3 nitrogen and oxygen atoms in total. The molecule has 1 saturated heterocycles. The Morgan fingerprint density at radius 2 is 2.25 bits per heavy atom. The Morgan fingerprint density at radius 1 is 1.44 bits per heavy atom. The molecule has 2 rings (SSSR count). The maximum atomic E-state index is 5.71. The summed E-state index contributed by atoms with van der Waals surface area (Å²) >= 11 is 0. The van der Waals surface area contributed by atoms with Crippen LogP contribution in [0.4, 0.5) is 0 Å². The Morgan fingerprint density at radius 3 is 2.88 bits per heavy atom. The van der Waals surface area contributed by atoms with Crippen molar-refractivity contribution in [2.24, 2.45) is 5.92 Å². The van der Waals surface area contributed by atoms with Crippen LogP contribution in [-0.4, -0.2) is 20.3 Å². The number of methoxy groups -OCH3 is 1. The summed E-state index contributed by atoms with van der Waals surface area (Å²) in [5.41, 5.74) is 1.13. The fraction of sp³-hybridized carbons (Fsp3) is 0.500. The van der Waals surface area contributed by atoms with Crippen molar-refractivity contribution in [2.75, 3.05) is 20.3 Å². The average Bonchev–Trinajstić information content (AvgIpc) is 2.30. The van der Waals surface area contributed by atoms with Crippen molar-refractivity contribution in [2.45, 2.75) is 13.2 Å². The van der Waals surface area contributed by atoms with E-state index in [9.17, 15) is 0 Å². The van der Waals surface area contributed by atoms with Gasteiger partial charge in [0.05, 0.1) is 13.7 Å². The summed E-state index contributed by atoms with van der Waals surface area (Å²) in [6.45, 7) is 3.99. The van der Waals surface area contributed by atoms with Crippen LogP contribution < -0.4 is 10.1 Å². The Balaban J connectivity index is 0.00000128. The third kappa shape index (κ3) is 3.11. The lowest BCUT2D eigenvalue weighted by Gasteiger charge is -2.28. The highest BCUT2D eigenvalue weighted by molar-refractivity contribution is 5.85. The van der Waals surface area contributed by atoms with Crippen LogP contribution in [0.5, 0.6) is 5.75 Å². The molecule has 1 heterocycles. The lowest BCUT2D eigenvalue weighted by Crippen LogP contribution is -2.36. The van der Waals surface area contributed by atoms with E-state index in [1.165, 1.54) is 0 Å². The first-order chi connectivity index (χ1) is 7.29. The highest BCUT2D eigenvalue weighted by Crippen LogP contribution is 2.22. The molecule has 1 fully saturated rings. The molecule has 1 aromatic rings. The smallest absolute Gasteiger partial charge is 0.134 e. The molecule has 1 N–H and O–H groups in total. The molecule has 90 valence electrons. The second-order valence-electron chi connectivity index (χ2n) is 4.00. The first kappa shape index (κ1) is 13.3. The molecule has 1 aromatic carbocycles. The van der Waals surface area contributed by atoms with Crippen molar-refractivity contribution < 1.29 is 9.47 Å². The van der Waals surface area contributed by atoms with Gasteiger partial charge in [0.1, 0.15) is 12.0 Å². The highest BCUT2D eigenvalue weighted by Gasteiger charge is 2.19. The van der Waals surface area contributed by atoms with Crippen molar-refractivity contribution in [1.29, 1.82) is 0 Å². The minimum atomic E-state index is 0. The van der Waals surface area contributed by atoms with Crippen molar-refractivity contribution >= 4 is 12.4 Å². The van der Waals surface area contributed by atoms with E-state index < -0.39 is 0 Å². The summed E-state index contributed by atoms with van der Waals surface area (Å²) in [5.74, 6) is 1.46. The van der Waals surface area contributed by atoms with Gasteiger partial charge in [0.2, 0.25) is 0 Å². The van der Waals surface area contributed by atoms with Gasteiger partial charge in [0.15, 0.2) is 0 Å². The van der Waals surface area contributed by atoms with E-state index in [1.54, 1.807) is 7.11 Å². The third-order valence-electron chi connectivity index (χ3n) is 2.60. The summed E-state index contributed by atoms with van der Waals surface area (Å²) in [4.78, 5) is 0. The lowest BCUT2D eigenvalue weighted by atomic mass is 10.1. The SMILES string of the molecule is COc1cccc(C2NCC(C)CO2)c1.Cl. The average molecular weight is 244 g/mol. The van der Waals surface area contributed by atoms with E-state index in [0.29, 0.717) is 5.92 Å². The van der Waals surface area contributed by atoms with Crippen LogP contribution in [0.25, 0.3) is 0 Å². The number of hydrogen-bond donors (Lipinski definition) is 1. The lowest BCUT2D eigenvalue weighted by molar-refractivity contribution is -0.0255. The van der Waals surface area contributed by atoms with Crippen LogP contribution in [0.15, 0.2) is 24.3 Å². The van der Waals surface area contributed by atoms with Gasteiger partial charge in [-0.2, -0.15) is 0 Å². The molecule has 1 aliphatic rings. The maximum absolute atomic E-state index is 5.71. The van der Waals surface area contributed by atoms with Crippen LogP contribution in [0.3, 0.4) is 0 Å². The standard InChI is InChI=1S/C12H17NO2.ClH/c1-9-7-13-12(15-8-9)10-4-3-5-11(6-10)14-2;/h3-6,9,12-13H,7-8H2,1-2H3;1H. The predicted octanol–water partition coefficient (Wildman–Crippen LogP) is 2.37. The van der Waals surface area contributed by atoms with Gasteiger partial charge < -0.3 is 9.47 Å². The fourth-order valence-corrected chi connectivity index (χ4v) is 1.71. The first-order valence-electron chi connectivity index (χ1n) is 5.28. The molecule has 2 unspecified atom stereocenters. The molecule has 4 heteroatoms. The highest BCUT2D eigenvalue weighted by atomic mass is 35.5. The minimum Gasteiger partial charge on any atom is -0.497 e. The van der Waals surface area contributed by atoms with E-state index >= 15 is 0 Å². The van der Waals surface area contributed by atoms with Crippen LogP contribution in [0.2, 0.25) is 0 Å². The Kier molecular flexibility index (Phi) is 5.06. The minimum absolute atomic E-state index is 0. The van der Waals surface area contributed by atoms with Gasteiger partial charge in [-0.25, -0.2) is 0 Å². The quantitative estimate of drug-likeness (QED) is 0.865. The van der Waals surface area contributed by atoms with Crippen molar-refractivity contribution in [3.05, 3.63) is 29.8 Å². The second kappa shape index (κ2) is 6.09. The molecular formula is C12H18ClNO2. The molecule has 0 radical (unpaired) electrons. The maximum Gasteiger partial charge on any atom is 0.134 e. The normalized spacial score (nSPS) is 24.6. The molecule has 0 saturated carbocycles. The third-order valence-corrected chi connectivity index (χ3v) is 2.60. The number of rotatable bonds is 2. The number of ether oxygens (including phenoxy) is 2. The molecule has 0 bridgehead atoms. The van der Waals surface area contributed by atoms with Crippen LogP contribution in [-0.2, 0) is 4.74 Å². The molecule has 1 aliphatic heterocycles. The Hall–Kier alpha value is -0.770. The monoisotopic (exact) mass is 243 g/mol. The molecule has 0 amide bonds. The zero-order chi connectivity index (χ0) is 10.7. The van der Waals surface area contributed by atoms with Gasteiger partial charge in [-0.3, -0.25) is 5.32 Å². The van der Waals surface area contributed by atoms with Gasteiger partial charge in [0, 0.05) is 6.54 Å². The molecular weight excluding hydrogens is 226 g/mol. The van der Waals surface area contributed by atoms with Gasteiger partial charge in [-0.1, -0.05) is 19.1 Å². The molecule has 16 heavy (non-hydrogen) atoms. The summed E-state index contributed by atoms with van der Waals surface area (Å²) < 4.78 is 10.9. The molecule has 0 aromatic heterocycles. The van der Waals surface area contributed by atoms with Crippen molar-refractivity contribution in [3.63, 3.8) is 0 Å². The van der Waals surface area contributed by atoms with Crippen LogP contribution in [0.1, 0.15) is 18.7 Å². The van der Waals surface area contributed by atoms with E-state index in [2.05, 4.69) is 18.3 Å². The molecule has 2 atom stereocenters. The number of benzene rings is 1. The molecule has 0 spiro atoms. The number of hydrogen-bond acceptors (Lipinski definition) is 3. The number of nitrogens with one attached hydrogen (secondary N) is 1. The first-order valence-corrected chi connectivity index (χ1v) is 5.28. The summed E-state index contributed by atoms with van der Waals surface area (Å²) in [6, 6.07) is 7.98. The summed E-state index contributed by atoms with van der Waals surface area (Å²) in [5, 5.41) is 3.36. The predicted molar refractivity (Wildman–Crippen MR) is 66.1 cm³/mol. The largest absolute Gasteiger partial charge is 0.497 e. The Bertz CT molecular complexity index is 325. The summed E-state index contributed by atoms with van der Waals surface area (Å²) in [7, 11) is 1.68. The van der Waals surface area contributed by atoms with Crippen LogP contribution >= 0.6 is 12.4 Å². The van der Waals surface area contributed by atoms with E-state index in [-0.39, 0.29) is 18.6 Å². The van der Waals surface area contributed by atoms with E-state index in [1.807, 2.05) is 18.2 Å². The van der Waals surface area contributed by atoms with Gasteiger partial charge in [-0.15, -0.1) is 12.4 Å². The zero-order valence-corrected chi connectivity index (χ0v) is 10.4. The topological polar surface area (TPSA) is 30.5 Å². The summed E-state index contributed by atoms with van der Waals surface area (Å²) in [6.07, 6.45) is 0.0105. The van der Waals surface area contributed by atoms with Crippen molar-refractivity contribution in [3.8, 4) is 5.75 Å². The van der Waals surface area contributed by atoms with E-state index in [4.69, 9.17) is 9.47 Å². The van der Waals surface area contributed by atoms with Crippen LogP contribution in [0, 0.1) is 5.92 Å². The number of halogens is 1. The Labute approximate surface area is 103 Å². The second-order valence-corrected chi connectivity index (χ2v) is 4.00. The molecule has 0 aliphatic carbocycles. The fourth-order valence-electron chi connectivity index (χ4n) is 1.71. The van der Waals surface area contributed by atoms with Gasteiger partial charge in [0.25, 0.3) is 0 Å². The van der Waals surface area contributed by atoms with E-state index in [0.717, 1.165) is 24.5 Å². The zero-order valence-electron chi connectivity index (χ0n) is 9.60. The van der Waals surface area contributed by atoms with Crippen molar-refractivity contribution in [1.82, 2.24) is 5.32 Å². The van der Waals surface area contributed by atoms with Gasteiger partial charge >= 0.3 is 0 Å².